The molecule has 1 aromatic rings. The van der Waals surface area contributed by atoms with Crippen LogP contribution in [-0.2, 0) is 0 Å². The smallest absolute Gasteiger partial charge is 0.217 e. The number of nitrogens with two attached hydrogens (primary N) is 2. The zero-order valence-corrected chi connectivity index (χ0v) is 13.2. The van der Waals surface area contributed by atoms with Crippen molar-refractivity contribution in [1.29, 1.82) is 0 Å². The van der Waals surface area contributed by atoms with E-state index in [0.29, 0.717) is 5.96 Å². The molecule has 0 radical (unpaired) electrons. The van der Waals surface area contributed by atoms with Crippen molar-refractivity contribution in [2.45, 2.75) is 0 Å². The van der Waals surface area contributed by atoms with Gasteiger partial charge < -0.3 is 20.3 Å². The number of benzene rings is 1. The maximum atomic E-state index is 5.83. The predicted octanol–water partition coefficient (Wildman–Crippen LogP) is 0.409. The lowest BCUT2D eigenvalue weighted by Crippen LogP contribution is -2.54. The summed E-state index contributed by atoms with van der Waals surface area (Å²) < 4.78 is 5.19. The van der Waals surface area contributed by atoms with Crippen LogP contribution >= 0.6 is 0 Å². The van der Waals surface area contributed by atoms with Crippen LogP contribution in [0.25, 0.3) is 0 Å². The van der Waals surface area contributed by atoms with E-state index in [-0.39, 0.29) is 5.82 Å². The molecule has 0 saturated carbocycles. The summed E-state index contributed by atoms with van der Waals surface area (Å²) in [7, 11) is 3.42. The number of hydrazine groups is 1. The normalized spacial score (nSPS) is 15.7. The molecule has 1 aliphatic heterocycles. The molecule has 1 fully saturated rings. The third-order valence-corrected chi connectivity index (χ3v) is 3.56. The molecule has 0 spiro atoms. The Bertz CT molecular complexity index is 531. The van der Waals surface area contributed by atoms with Crippen LogP contribution in [0.4, 0.5) is 5.69 Å². The molecule has 0 aliphatic carbocycles. The van der Waals surface area contributed by atoms with E-state index >= 15 is 0 Å². The first-order valence-corrected chi connectivity index (χ1v) is 7.16. The van der Waals surface area contributed by atoms with Crippen molar-refractivity contribution < 1.29 is 4.74 Å². The van der Waals surface area contributed by atoms with E-state index in [2.05, 4.69) is 33.5 Å². The van der Waals surface area contributed by atoms with Gasteiger partial charge in [-0.25, -0.2) is 5.84 Å². The van der Waals surface area contributed by atoms with E-state index in [1.54, 1.807) is 14.2 Å². The number of hydrogen-bond donors (Lipinski definition) is 2. The Hall–Kier alpha value is -2.41. The molecule has 0 amide bonds. The number of guanidine groups is 1. The minimum Gasteiger partial charge on any atom is -0.497 e. The second kappa shape index (κ2) is 7.04. The van der Waals surface area contributed by atoms with Crippen molar-refractivity contribution in [2.75, 3.05) is 45.2 Å². The molecule has 1 saturated heterocycles. The monoisotopic (exact) mass is 304 g/mol. The highest BCUT2D eigenvalue weighted by atomic mass is 16.5. The van der Waals surface area contributed by atoms with Crippen molar-refractivity contribution in [3.05, 3.63) is 36.7 Å². The molecule has 22 heavy (non-hydrogen) atoms. The van der Waals surface area contributed by atoms with Crippen molar-refractivity contribution in [3.63, 3.8) is 0 Å². The largest absolute Gasteiger partial charge is 0.497 e. The van der Waals surface area contributed by atoms with Gasteiger partial charge in [-0.05, 0) is 24.3 Å². The molecule has 1 aliphatic rings. The Labute approximate surface area is 131 Å². The lowest BCUT2D eigenvalue weighted by atomic mass is 10.2. The van der Waals surface area contributed by atoms with Gasteiger partial charge in [-0.2, -0.15) is 4.99 Å². The number of aliphatic imine (C=N–C) groups is 1. The van der Waals surface area contributed by atoms with Crippen LogP contribution in [0.15, 0.2) is 41.7 Å². The second-order valence-electron chi connectivity index (χ2n) is 5.19. The third-order valence-electron chi connectivity index (χ3n) is 3.56. The van der Waals surface area contributed by atoms with Crippen LogP contribution in [0.3, 0.4) is 0 Å². The maximum absolute atomic E-state index is 5.83. The molecule has 0 atom stereocenters. The molecule has 7 heteroatoms. The Morgan fingerprint density at radius 1 is 1.23 bits per heavy atom. The number of ether oxygens (including phenoxy) is 1. The van der Waals surface area contributed by atoms with E-state index in [4.69, 9.17) is 16.3 Å². The van der Waals surface area contributed by atoms with Gasteiger partial charge in [-0.3, -0.25) is 5.01 Å². The zero-order valence-electron chi connectivity index (χ0n) is 13.2. The Kier molecular flexibility index (Phi) is 5.11. The van der Waals surface area contributed by atoms with Gasteiger partial charge in [-0.15, -0.1) is 0 Å². The predicted molar refractivity (Wildman–Crippen MR) is 89.5 cm³/mol. The molecule has 120 valence electrons. The number of piperazine rings is 1. The van der Waals surface area contributed by atoms with Gasteiger partial charge in [0.15, 0.2) is 0 Å². The number of nitrogens with zero attached hydrogens (tertiary/aromatic N) is 4. The molecule has 0 bridgehead atoms. The van der Waals surface area contributed by atoms with Gasteiger partial charge in [0.25, 0.3) is 0 Å². The van der Waals surface area contributed by atoms with Gasteiger partial charge in [0.05, 0.1) is 7.11 Å². The van der Waals surface area contributed by atoms with Crippen LogP contribution in [0.2, 0.25) is 0 Å². The summed E-state index contributed by atoms with van der Waals surface area (Å²) in [5.41, 5.74) is 6.75. The minimum atomic E-state index is 0.255. The molecule has 4 N–H and O–H groups in total. The van der Waals surface area contributed by atoms with Gasteiger partial charge in [0, 0.05) is 38.9 Å². The molecule has 1 heterocycles. The first-order valence-electron chi connectivity index (χ1n) is 7.16. The summed E-state index contributed by atoms with van der Waals surface area (Å²) in [6.07, 6.45) is 0. The summed E-state index contributed by atoms with van der Waals surface area (Å²) in [6, 6.07) is 8.09. The van der Waals surface area contributed by atoms with Crippen LogP contribution < -0.4 is 21.2 Å². The summed E-state index contributed by atoms with van der Waals surface area (Å²) in [6.45, 7) is 7.02. The molecule has 0 aromatic heterocycles. The summed E-state index contributed by atoms with van der Waals surface area (Å²) in [5.74, 6) is 7.59. The SMILES string of the molecule is C=C(N)N=C(N(C)N)N1CCN(c2ccc(OC)cc2)CC1. The third kappa shape index (κ3) is 3.82. The second-order valence-corrected chi connectivity index (χ2v) is 5.19. The molecular weight excluding hydrogens is 280 g/mol. The van der Waals surface area contributed by atoms with Crippen molar-refractivity contribution in [3.8, 4) is 5.75 Å². The van der Waals surface area contributed by atoms with E-state index < -0.39 is 0 Å². The molecule has 1 aromatic carbocycles. The summed E-state index contributed by atoms with van der Waals surface area (Å²) in [5, 5.41) is 1.47. The molecule has 2 rings (SSSR count). The number of hydrogen-bond acceptors (Lipinski definition) is 5. The molecule has 0 unspecified atom stereocenters. The topological polar surface area (TPSA) is 83.3 Å². The highest BCUT2D eigenvalue weighted by molar-refractivity contribution is 5.80. The first-order chi connectivity index (χ1) is 10.5. The van der Waals surface area contributed by atoms with Crippen molar-refractivity contribution >= 4 is 11.6 Å². The first kappa shape index (κ1) is 16.0. The van der Waals surface area contributed by atoms with Crippen LogP contribution in [0.5, 0.6) is 5.75 Å². The zero-order chi connectivity index (χ0) is 16.1. The maximum Gasteiger partial charge on any atom is 0.217 e. The van der Waals surface area contributed by atoms with Crippen LogP contribution in [0.1, 0.15) is 0 Å². The number of rotatable bonds is 3. The fraction of sp³-hybridized carbons (Fsp3) is 0.400. The number of methoxy groups -OCH3 is 1. The molecular formula is C15H24N6O. The molecule has 7 nitrogen and oxygen atoms in total. The van der Waals surface area contributed by atoms with Crippen LogP contribution in [0, 0.1) is 0 Å². The minimum absolute atomic E-state index is 0.255. The Balaban J connectivity index is 2.01. The van der Waals surface area contributed by atoms with Gasteiger partial charge in [0.1, 0.15) is 11.6 Å². The average molecular weight is 304 g/mol. The van der Waals surface area contributed by atoms with Gasteiger partial charge in [0.2, 0.25) is 5.96 Å². The Morgan fingerprint density at radius 3 is 2.27 bits per heavy atom. The highest BCUT2D eigenvalue weighted by Gasteiger charge is 2.21. The highest BCUT2D eigenvalue weighted by Crippen LogP contribution is 2.20. The Morgan fingerprint density at radius 2 is 1.82 bits per heavy atom. The van der Waals surface area contributed by atoms with E-state index in [1.165, 1.54) is 10.7 Å². The fourth-order valence-corrected chi connectivity index (χ4v) is 2.46. The van der Waals surface area contributed by atoms with Crippen LogP contribution in [-0.4, -0.2) is 56.2 Å². The van der Waals surface area contributed by atoms with Crippen molar-refractivity contribution in [1.82, 2.24) is 9.91 Å². The van der Waals surface area contributed by atoms with E-state index in [9.17, 15) is 0 Å². The quantitative estimate of drug-likeness (QED) is 0.364. The van der Waals surface area contributed by atoms with Gasteiger partial charge >= 0.3 is 0 Å². The summed E-state index contributed by atoms with van der Waals surface area (Å²) >= 11 is 0. The number of anilines is 1. The fourth-order valence-electron chi connectivity index (χ4n) is 2.46. The summed E-state index contributed by atoms with van der Waals surface area (Å²) in [4.78, 5) is 8.64. The average Bonchev–Trinajstić information content (AvgIpc) is 2.52. The standard InChI is InChI=1S/C15H24N6O/c1-12(16)18-15(19(2)17)21-10-8-20(9-11-21)13-4-6-14(22-3)7-5-13/h4-7H,1,8-11,16-17H2,2-3H3. The van der Waals surface area contributed by atoms with E-state index in [1.807, 2.05) is 12.1 Å². The van der Waals surface area contributed by atoms with Gasteiger partial charge in [-0.1, -0.05) is 6.58 Å². The van der Waals surface area contributed by atoms with Crippen molar-refractivity contribution in [2.24, 2.45) is 16.6 Å². The lowest BCUT2D eigenvalue weighted by Gasteiger charge is -2.38. The lowest BCUT2D eigenvalue weighted by molar-refractivity contribution is 0.329. The van der Waals surface area contributed by atoms with E-state index in [0.717, 1.165) is 31.9 Å².